The number of carbonyl (C=O) groups is 2. The summed E-state index contributed by atoms with van der Waals surface area (Å²) < 4.78 is 5.55. The molecule has 1 fully saturated rings. The molecular weight excluding hydrogens is 354 g/mol. The van der Waals surface area contributed by atoms with Gasteiger partial charge in [0.1, 0.15) is 12.4 Å². The molecule has 1 aliphatic rings. The van der Waals surface area contributed by atoms with Gasteiger partial charge in [-0.25, -0.2) is 9.78 Å². The Bertz CT molecular complexity index is 736. The molecule has 1 aromatic carbocycles. The minimum Gasteiger partial charge on any atom is -0.486 e. The fourth-order valence-corrected chi connectivity index (χ4v) is 2.82. The number of nitrogens with one attached hydrogen (secondary N) is 2. The van der Waals surface area contributed by atoms with Crippen LogP contribution in [0, 0.1) is 0 Å². The van der Waals surface area contributed by atoms with Crippen LogP contribution in [0.4, 0.5) is 4.79 Å². The van der Waals surface area contributed by atoms with Crippen LogP contribution in [0.15, 0.2) is 29.4 Å². The lowest BCUT2D eigenvalue weighted by atomic mass is 10.3. The number of halogens is 1. The largest absolute Gasteiger partial charge is 0.486 e. The molecule has 3 rings (SSSR count). The number of thioether (sulfide) groups is 1. The summed E-state index contributed by atoms with van der Waals surface area (Å²) in [7, 11) is 0. The lowest BCUT2D eigenvalue weighted by Crippen LogP contribution is -2.35. The third-order valence-corrected chi connectivity index (χ3v) is 4.27. The van der Waals surface area contributed by atoms with Crippen LogP contribution in [0.5, 0.6) is 5.75 Å². The van der Waals surface area contributed by atoms with Gasteiger partial charge in [0, 0.05) is 18.1 Å². The van der Waals surface area contributed by atoms with E-state index in [9.17, 15) is 9.59 Å². The van der Waals surface area contributed by atoms with Gasteiger partial charge in [-0.15, -0.1) is 5.10 Å². The molecule has 2 aromatic rings. The highest BCUT2D eigenvalue weighted by atomic mass is 35.5. The van der Waals surface area contributed by atoms with Crippen molar-refractivity contribution in [2.24, 2.45) is 0 Å². The number of benzene rings is 1. The number of carbonyl (C=O) groups excluding carboxylic acids is 2. The molecule has 1 aromatic heterocycles. The van der Waals surface area contributed by atoms with E-state index in [1.165, 1.54) is 4.90 Å². The van der Waals surface area contributed by atoms with E-state index in [1.54, 1.807) is 24.3 Å². The number of ether oxygens (including phenoxy) is 1. The number of aromatic amines is 1. The van der Waals surface area contributed by atoms with Crippen molar-refractivity contribution in [2.75, 3.05) is 18.8 Å². The second-order valence-corrected chi connectivity index (χ2v) is 6.25. The molecule has 1 saturated heterocycles. The van der Waals surface area contributed by atoms with Gasteiger partial charge >= 0.3 is 6.03 Å². The average Bonchev–Trinajstić information content (AvgIpc) is 3.21. The molecule has 126 valence electrons. The Morgan fingerprint density at radius 1 is 1.38 bits per heavy atom. The number of amides is 3. The zero-order chi connectivity index (χ0) is 16.9. The third kappa shape index (κ3) is 4.18. The lowest BCUT2D eigenvalue weighted by Gasteiger charge is -2.10. The number of aromatic nitrogens is 3. The average molecular weight is 368 g/mol. The van der Waals surface area contributed by atoms with E-state index in [-0.39, 0.29) is 24.3 Å². The Hall–Kier alpha value is -2.26. The summed E-state index contributed by atoms with van der Waals surface area (Å²) in [6.07, 6.45) is 0. The van der Waals surface area contributed by atoms with Gasteiger partial charge in [0.25, 0.3) is 0 Å². The minimum atomic E-state index is -0.354. The van der Waals surface area contributed by atoms with Crippen molar-refractivity contribution in [3.05, 3.63) is 35.1 Å². The molecule has 0 spiro atoms. The number of rotatable bonds is 6. The number of hydrogen-bond donors (Lipinski definition) is 2. The van der Waals surface area contributed by atoms with Crippen molar-refractivity contribution in [1.82, 2.24) is 25.4 Å². The normalized spacial score (nSPS) is 13.9. The predicted octanol–water partition coefficient (Wildman–Crippen LogP) is 1.68. The summed E-state index contributed by atoms with van der Waals surface area (Å²) in [6, 6.07) is 6.63. The van der Waals surface area contributed by atoms with E-state index in [0.717, 1.165) is 11.8 Å². The Morgan fingerprint density at radius 3 is 2.88 bits per heavy atom. The van der Waals surface area contributed by atoms with Crippen molar-refractivity contribution >= 4 is 35.3 Å². The second-order valence-electron chi connectivity index (χ2n) is 4.87. The number of urea groups is 1. The van der Waals surface area contributed by atoms with Crippen molar-refractivity contribution < 1.29 is 14.3 Å². The molecule has 3 amide bonds. The zero-order valence-corrected chi connectivity index (χ0v) is 14.1. The molecule has 0 aliphatic carbocycles. The van der Waals surface area contributed by atoms with Crippen LogP contribution in [0.25, 0.3) is 0 Å². The van der Waals surface area contributed by atoms with E-state index >= 15 is 0 Å². The van der Waals surface area contributed by atoms with Crippen molar-refractivity contribution in [1.29, 1.82) is 0 Å². The molecule has 1 aliphatic heterocycles. The molecule has 0 radical (unpaired) electrons. The first-order chi connectivity index (χ1) is 11.6. The van der Waals surface area contributed by atoms with Gasteiger partial charge in [-0.2, -0.15) is 0 Å². The van der Waals surface area contributed by atoms with Crippen LogP contribution in [0.1, 0.15) is 5.82 Å². The zero-order valence-electron chi connectivity index (χ0n) is 12.5. The van der Waals surface area contributed by atoms with Gasteiger partial charge in [0.2, 0.25) is 11.1 Å². The monoisotopic (exact) mass is 367 g/mol. The molecule has 0 saturated carbocycles. The van der Waals surface area contributed by atoms with Gasteiger partial charge in [0.15, 0.2) is 5.82 Å². The van der Waals surface area contributed by atoms with E-state index in [4.69, 9.17) is 16.3 Å². The number of hydrogen-bond acceptors (Lipinski definition) is 6. The molecule has 8 nitrogen and oxygen atoms in total. The molecule has 0 atom stereocenters. The smallest absolute Gasteiger partial charge is 0.324 e. The van der Waals surface area contributed by atoms with Crippen LogP contribution >= 0.6 is 23.4 Å². The number of imide groups is 1. The first-order valence-electron chi connectivity index (χ1n) is 7.12. The summed E-state index contributed by atoms with van der Waals surface area (Å²) in [6.45, 7) is 1.10. The lowest BCUT2D eigenvalue weighted by molar-refractivity contribution is -0.124. The first-order valence-corrected chi connectivity index (χ1v) is 8.49. The van der Waals surface area contributed by atoms with E-state index < -0.39 is 0 Å². The van der Waals surface area contributed by atoms with Crippen LogP contribution in [-0.4, -0.2) is 50.9 Å². The highest BCUT2D eigenvalue weighted by molar-refractivity contribution is 7.99. The highest BCUT2D eigenvalue weighted by Gasteiger charge is 2.26. The van der Waals surface area contributed by atoms with Gasteiger partial charge in [-0.3, -0.25) is 14.8 Å². The first kappa shape index (κ1) is 16.6. The topological polar surface area (TPSA) is 100 Å². The van der Waals surface area contributed by atoms with E-state index in [1.807, 2.05) is 0 Å². The summed E-state index contributed by atoms with van der Waals surface area (Å²) in [5.74, 6) is 1.04. The maximum absolute atomic E-state index is 11.9. The van der Waals surface area contributed by atoms with Crippen LogP contribution in [-0.2, 0) is 11.4 Å². The summed E-state index contributed by atoms with van der Waals surface area (Å²) in [5.41, 5.74) is 0. The quantitative estimate of drug-likeness (QED) is 0.753. The fraction of sp³-hybridized carbons (Fsp3) is 0.286. The van der Waals surface area contributed by atoms with Gasteiger partial charge in [-0.1, -0.05) is 23.4 Å². The summed E-state index contributed by atoms with van der Waals surface area (Å²) >= 11 is 6.97. The summed E-state index contributed by atoms with van der Waals surface area (Å²) in [5, 5.41) is 10.4. The third-order valence-electron chi connectivity index (χ3n) is 3.18. The Labute approximate surface area is 146 Å². The molecular formula is C14H14ClN5O3S. The molecule has 2 heterocycles. The maximum atomic E-state index is 11.9. The van der Waals surface area contributed by atoms with Gasteiger partial charge in [-0.05, 0) is 24.3 Å². The SMILES string of the molecule is O=C(CSc1n[nH]c(COc2ccc(Cl)cc2)n1)N1CCNC1=O. The van der Waals surface area contributed by atoms with Crippen LogP contribution in [0.3, 0.4) is 0 Å². The van der Waals surface area contributed by atoms with Crippen molar-refractivity contribution in [2.45, 2.75) is 11.8 Å². The van der Waals surface area contributed by atoms with Gasteiger partial charge < -0.3 is 10.1 Å². The highest BCUT2D eigenvalue weighted by Crippen LogP contribution is 2.17. The molecule has 0 unspecified atom stereocenters. The fourth-order valence-electron chi connectivity index (χ4n) is 2.00. The number of nitrogens with zero attached hydrogens (tertiary/aromatic N) is 3. The Balaban J connectivity index is 1.47. The minimum absolute atomic E-state index is 0.1000. The Morgan fingerprint density at radius 2 is 2.17 bits per heavy atom. The number of H-pyrrole nitrogens is 1. The molecule has 0 bridgehead atoms. The van der Waals surface area contributed by atoms with Crippen LogP contribution in [0.2, 0.25) is 5.02 Å². The van der Waals surface area contributed by atoms with Gasteiger partial charge in [0.05, 0.1) is 5.75 Å². The van der Waals surface area contributed by atoms with Crippen molar-refractivity contribution in [3.63, 3.8) is 0 Å². The van der Waals surface area contributed by atoms with Crippen molar-refractivity contribution in [3.8, 4) is 5.75 Å². The molecule has 10 heteroatoms. The van der Waals surface area contributed by atoms with Crippen LogP contribution < -0.4 is 10.1 Å². The molecule has 24 heavy (non-hydrogen) atoms. The second kappa shape index (κ2) is 7.54. The van der Waals surface area contributed by atoms with E-state index in [0.29, 0.717) is 34.8 Å². The standard InChI is InChI=1S/C14H14ClN5O3S/c15-9-1-3-10(4-2-9)23-7-11-17-13(19-18-11)24-8-12(21)20-6-5-16-14(20)22/h1-4H,5-8H2,(H,16,22)(H,17,18,19). The maximum Gasteiger partial charge on any atom is 0.324 e. The summed E-state index contributed by atoms with van der Waals surface area (Å²) in [4.78, 5) is 28.7. The predicted molar refractivity (Wildman–Crippen MR) is 88.0 cm³/mol. The Kier molecular flexibility index (Phi) is 5.21. The van der Waals surface area contributed by atoms with E-state index in [2.05, 4.69) is 20.5 Å². The molecule has 2 N–H and O–H groups in total.